The van der Waals surface area contributed by atoms with Crippen molar-refractivity contribution in [2.24, 2.45) is 4.99 Å². The van der Waals surface area contributed by atoms with E-state index in [2.05, 4.69) is 33.9 Å². The van der Waals surface area contributed by atoms with E-state index >= 15 is 0 Å². The van der Waals surface area contributed by atoms with E-state index in [4.69, 9.17) is 9.73 Å². The van der Waals surface area contributed by atoms with Gasteiger partial charge in [0.25, 0.3) is 0 Å². The van der Waals surface area contributed by atoms with Crippen molar-refractivity contribution in [1.82, 2.24) is 13.8 Å². The minimum Gasteiger partial charge on any atom is -0.379 e. The SMILES string of the molecule is Cc1ccc(N=c2scc(-c3ccc(S(=O)(=O)N(C)C)cc3)n2CCN2CCOCC2)cc1. The summed E-state index contributed by atoms with van der Waals surface area (Å²) in [7, 11) is -0.373. The molecule has 7 nitrogen and oxygen atoms in total. The van der Waals surface area contributed by atoms with E-state index in [0.717, 1.165) is 61.1 Å². The van der Waals surface area contributed by atoms with Crippen LogP contribution in [0.2, 0.25) is 0 Å². The van der Waals surface area contributed by atoms with Gasteiger partial charge in [0.05, 0.1) is 29.5 Å². The standard InChI is InChI=1S/C24H30N4O3S2/c1-19-4-8-21(9-5-19)25-24-28(13-12-27-14-16-31-17-15-27)23(18-32-24)20-6-10-22(11-7-20)33(29,30)26(2)3/h4-11,18H,12-17H2,1-3H3. The van der Waals surface area contributed by atoms with Crippen molar-refractivity contribution in [3.05, 3.63) is 64.3 Å². The van der Waals surface area contributed by atoms with Crippen LogP contribution in [0, 0.1) is 6.92 Å². The number of nitrogens with zero attached hydrogens (tertiary/aromatic N) is 4. The van der Waals surface area contributed by atoms with Crippen LogP contribution in [0.3, 0.4) is 0 Å². The van der Waals surface area contributed by atoms with Crippen molar-refractivity contribution >= 4 is 27.0 Å². The molecule has 2 aromatic carbocycles. The molecule has 2 heterocycles. The van der Waals surface area contributed by atoms with Gasteiger partial charge in [-0.1, -0.05) is 29.8 Å². The normalized spacial score (nSPS) is 15.9. The molecular weight excluding hydrogens is 456 g/mol. The maximum absolute atomic E-state index is 12.4. The molecule has 0 radical (unpaired) electrons. The highest BCUT2D eigenvalue weighted by Crippen LogP contribution is 2.24. The molecule has 0 unspecified atom stereocenters. The minimum absolute atomic E-state index is 0.288. The molecule has 0 N–H and O–H groups in total. The van der Waals surface area contributed by atoms with Gasteiger partial charge < -0.3 is 9.30 Å². The Bertz CT molecular complexity index is 1240. The fraction of sp³-hybridized carbons (Fsp3) is 0.375. The van der Waals surface area contributed by atoms with Gasteiger partial charge in [-0.3, -0.25) is 4.90 Å². The summed E-state index contributed by atoms with van der Waals surface area (Å²) in [6, 6.07) is 15.3. The maximum Gasteiger partial charge on any atom is 0.242 e. The molecule has 1 aromatic heterocycles. The van der Waals surface area contributed by atoms with E-state index < -0.39 is 10.0 Å². The summed E-state index contributed by atoms with van der Waals surface area (Å²) >= 11 is 1.60. The number of benzene rings is 2. The van der Waals surface area contributed by atoms with Crippen LogP contribution in [0.25, 0.3) is 11.3 Å². The van der Waals surface area contributed by atoms with Gasteiger partial charge in [0.15, 0.2) is 4.80 Å². The summed E-state index contributed by atoms with van der Waals surface area (Å²) in [4.78, 5) is 8.52. The Balaban J connectivity index is 1.69. The predicted molar refractivity (Wildman–Crippen MR) is 132 cm³/mol. The Kier molecular flexibility index (Phi) is 7.45. The zero-order chi connectivity index (χ0) is 23.4. The van der Waals surface area contributed by atoms with Gasteiger partial charge in [-0.15, -0.1) is 11.3 Å². The first-order chi connectivity index (χ1) is 15.8. The van der Waals surface area contributed by atoms with Crippen LogP contribution in [0.1, 0.15) is 5.56 Å². The van der Waals surface area contributed by atoms with E-state index in [-0.39, 0.29) is 4.90 Å². The summed E-state index contributed by atoms with van der Waals surface area (Å²) in [5.74, 6) is 0. The number of hydrogen-bond donors (Lipinski definition) is 0. The third-order valence-corrected chi connectivity index (χ3v) is 8.42. The molecule has 4 rings (SSSR count). The molecular formula is C24H30N4O3S2. The van der Waals surface area contributed by atoms with Crippen molar-refractivity contribution in [3.63, 3.8) is 0 Å². The molecule has 0 spiro atoms. The molecule has 1 aliphatic heterocycles. The Labute approximate surface area is 199 Å². The smallest absolute Gasteiger partial charge is 0.242 e. The number of hydrogen-bond acceptors (Lipinski definition) is 6. The molecule has 1 saturated heterocycles. The van der Waals surface area contributed by atoms with Gasteiger partial charge in [-0.25, -0.2) is 17.7 Å². The Hall–Kier alpha value is -2.30. The first kappa shape index (κ1) is 23.8. The fourth-order valence-electron chi connectivity index (χ4n) is 3.67. The molecule has 0 saturated carbocycles. The van der Waals surface area contributed by atoms with E-state index in [9.17, 15) is 8.42 Å². The van der Waals surface area contributed by atoms with Crippen LogP contribution < -0.4 is 4.80 Å². The third kappa shape index (κ3) is 5.62. The molecule has 1 fully saturated rings. The van der Waals surface area contributed by atoms with E-state index in [0.29, 0.717) is 0 Å². The molecule has 1 aliphatic rings. The van der Waals surface area contributed by atoms with Crippen molar-refractivity contribution in [1.29, 1.82) is 0 Å². The second-order valence-electron chi connectivity index (χ2n) is 8.27. The second kappa shape index (κ2) is 10.3. The quantitative estimate of drug-likeness (QED) is 0.514. The molecule has 0 aliphatic carbocycles. The number of thiazole rings is 1. The fourth-order valence-corrected chi connectivity index (χ4v) is 5.53. The van der Waals surface area contributed by atoms with E-state index in [1.807, 2.05) is 24.3 Å². The van der Waals surface area contributed by atoms with Crippen LogP contribution in [0.5, 0.6) is 0 Å². The highest BCUT2D eigenvalue weighted by molar-refractivity contribution is 7.89. The topological polar surface area (TPSA) is 67.1 Å². The van der Waals surface area contributed by atoms with Gasteiger partial charge in [-0.2, -0.15) is 0 Å². The number of aryl methyl sites for hydroxylation is 1. The molecule has 9 heteroatoms. The first-order valence-corrected chi connectivity index (χ1v) is 13.3. The van der Waals surface area contributed by atoms with Crippen molar-refractivity contribution in [2.75, 3.05) is 46.9 Å². The Morgan fingerprint density at radius 1 is 1.00 bits per heavy atom. The van der Waals surface area contributed by atoms with Crippen LogP contribution in [-0.2, 0) is 21.3 Å². The largest absolute Gasteiger partial charge is 0.379 e. The minimum atomic E-state index is -3.46. The van der Waals surface area contributed by atoms with Gasteiger partial charge >= 0.3 is 0 Å². The average molecular weight is 487 g/mol. The van der Waals surface area contributed by atoms with Gasteiger partial charge in [-0.05, 0) is 36.8 Å². The third-order valence-electron chi connectivity index (χ3n) is 5.73. The molecule has 33 heavy (non-hydrogen) atoms. The summed E-state index contributed by atoms with van der Waals surface area (Å²) in [6.45, 7) is 7.16. The zero-order valence-corrected chi connectivity index (χ0v) is 20.9. The lowest BCUT2D eigenvalue weighted by Gasteiger charge is -2.26. The second-order valence-corrected chi connectivity index (χ2v) is 11.3. The number of sulfonamides is 1. The zero-order valence-electron chi connectivity index (χ0n) is 19.3. The summed E-state index contributed by atoms with van der Waals surface area (Å²) in [6.07, 6.45) is 0. The molecule has 0 bridgehead atoms. The molecule has 176 valence electrons. The lowest BCUT2D eigenvalue weighted by atomic mass is 10.2. The summed E-state index contributed by atoms with van der Waals surface area (Å²) in [5.41, 5.74) is 4.12. The number of aromatic nitrogens is 1. The highest BCUT2D eigenvalue weighted by atomic mass is 32.2. The molecule has 0 amide bonds. The number of rotatable bonds is 7. The first-order valence-electron chi connectivity index (χ1n) is 11.0. The van der Waals surface area contributed by atoms with Gasteiger partial charge in [0, 0.05) is 45.7 Å². The van der Waals surface area contributed by atoms with E-state index in [1.165, 1.54) is 9.87 Å². The highest BCUT2D eigenvalue weighted by Gasteiger charge is 2.18. The number of morpholine rings is 1. The van der Waals surface area contributed by atoms with Crippen LogP contribution in [0.15, 0.2) is 63.8 Å². The van der Waals surface area contributed by atoms with Crippen LogP contribution >= 0.6 is 11.3 Å². The maximum atomic E-state index is 12.4. The van der Waals surface area contributed by atoms with Crippen molar-refractivity contribution in [3.8, 4) is 11.3 Å². The molecule has 0 atom stereocenters. The Morgan fingerprint density at radius 2 is 1.67 bits per heavy atom. The van der Waals surface area contributed by atoms with Crippen LogP contribution in [0.4, 0.5) is 5.69 Å². The van der Waals surface area contributed by atoms with Gasteiger partial charge in [0.2, 0.25) is 10.0 Å². The molecule has 3 aromatic rings. The average Bonchev–Trinajstić information content (AvgIpc) is 3.22. The van der Waals surface area contributed by atoms with Gasteiger partial charge in [0.1, 0.15) is 0 Å². The monoisotopic (exact) mass is 486 g/mol. The predicted octanol–water partition coefficient (Wildman–Crippen LogP) is 3.34. The van der Waals surface area contributed by atoms with Crippen molar-refractivity contribution in [2.45, 2.75) is 18.4 Å². The lowest BCUT2D eigenvalue weighted by Crippen LogP contribution is -2.39. The van der Waals surface area contributed by atoms with Crippen molar-refractivity contribution < 1.29 is 13.2 Å². The van der Waals surface area contributed by atoms with E-state index in [1.54, 1.807) is 37.6 Å². The van der Waals surface area contributed by atoms with Crippen LogP contribution in [-0.4, -0.2) is 69.1 Å². The Morgan fingerprint density at radius 3 is 2.30 bits per heavy atom. The summed E-state index contributed by atoms with van der Waals surface area (Å²) < 4.78 is 33.8. The number of ether oxygens (including phenoxy) is 1. The lowest BCUT2D eigenvalue weighted by molar-refractivity contribution is 0.0363. The summed E-state index contributed by atoms with van der Waals surface area (Å²) in [5, 5.41) is 2.10.